The van der Waals surface area contributed by atoms with E-state index >= 15 is 4.39 Å². The Morgan fingerprint density at radius 1 is 1.13 bits per heavy atom. The summed E-state index contributed by atoms with van der Waals surface area (Å²) in [6, 6.07) is 2.16. The van der Waals surface area contributed by atoms with Gasteiger partial charge in [-0.25, -0.2) is 19.3 Å². The Hall–Kier alpha value is -2.33. The Kier molecular flexibility index (Phi) is 12.2. The zero-order chi connectivity index (χ0) is 32.7. The van der Waals surface area contributed by atoms with Gasteiger partial charge in [0.1, 0.15) is 29.6 Å². The third-order valence-electron chi connectivity index (χ3n) is 7.55. The first-order valence-electron chi connectivity index (χ1n) is 15.5. The van der Waals surface area contributed by atoms with Crippen LogP contribution in [0.4, 0.5) is 4.39 Å². The van der Waals surface area contributed by atoms with Crippen molar-refractivity contribution in [2.45, 2.75) is 102 Å². The van der Waals surface area contributed by atoms with Crippen LogP contribution < -0.4 is 9.46 Å². The molecule has 1 aliphatic heterocycles. The SMILES string of the molecule is COc1cc(-c2cnc([C@H](CCCCCC3(c4ncco4)OCCO3)N[S+]([O-])C(C)(C)C)n2COCC[Si](C)(C)C)c(F)cn1. The van der Waals surface area contributed by atoms with Gasteiger partial charge in [-0.05, 0) is 39.7 Å². The summed E-state index contributed by atoms with van der Waals surface area (Å²) in [6.07, 6.45) is 9.60. The van der Waals surface area contributed by atoms with Gasteiger partial charge in [-0.15, -0.1) is 4.72 Å². The second-order valence-electron chi connectivity index (χ2n) is 13.4. The second kappa shape index (κ2) is 15.5. The zero-order valence-electron chi connectivity index (χ0n) is 27.6. The fraction of sp³-hybridized carbons (Fsp3) is 0.645. The van der Waals surface area contributed by atoms with Gasteiger partial charge in [-0.3, -0.25) is 0 Å². The van der Waals surface area contributed by atoms with E-state index in [9.17, 15) is 4.55 Å². The van der Waals surface area contributed by atoms with Gasteiger partial charge in [-0.2, -0.15) is 0 Å². The summed E-state index contributed by atoms with van der Waals surface area (Å²) in [7, 11) is 0.162. The van der Waals surface area contributed by atoms with Gasteiger partial charge >= 0.3 is 0 Å². The van der Waals surface area contributed by atoms with Crippen molar-refractivity contribution in [3.05, 3.63) is 48.5 Å². The van der Waals surface area contributed by atoms with Crippen molar-refractivity contribution < 1.29 is 32.3 Å². The van der Waals surface area contributed by atoms with Crippen LogP contribution in [0.5, 0.6) is 5.88 Å². The molecule has 14 heteroatoms. The minimum atomic E-state index is -1.38. The fourth-order valence-electron chi connectivity index (χ4n) is 4.95. The molecular weight excluding hydrogens is 618 g/mol. The average Bonchev–Trinajstić information content (AvgIpc) is 3.76. The summed E-state index contributed by atoms with van der Waals surface area (Å²) >= 11 is -1.38. The standard InChI is InChI=1S/C31H48FN5O6SSi/c1-30(2,3)44(38)36-25(11-9-8-10-12-31(42-15-16-43-31)29-33-13-14-41-29)28-35-21-26(23-19-27(39-4)34-20-24(23)32)37(28)22-40-17-18-45(5,6)7/h13-14,19-21,25,36H,8-12,15-18,22H2,1-7H3/t25-,44?/m0/s1. The van der Waals surface area contributed by atoms with E-state index in [1.807, 2.05) is 25.3 Å². The quantitative estimate of drug-likeness (QED) is 0.0991. The van der Waals surface area contributed by atoms with E-state index in [4.69, 9.17) is 28.3 Å². The van der Waals surface area contributed by atoms with Crippen LogP contribution in [0.2, 0.25) is 25.7 Å². The molecule has 2 atom stereocenters. The minimum Gasteiger partial charge on any atom is -0.598 e. The van der Waals surface area contributed by atoms with E-state index in [-0.39, 0.29) is 12.8 Å². The lowest BCUT2D eigenvalue weighted by Crippen LogP contribution is -2.42. The van der Waals surface area contributed by atoms with E-state index in [0.29, 0.717) is 61.5 Å². The van der Waals surface area contributed by atoms with Crippen LogP contribution >= 0.6 is 0 Å². The number of imidazole rings is 1. The van der Waals surface area contributed by atoms with Crippen LogP contribution in [0.25, 0.3) is 11.3 Å². The third kappa shape index (κ3) is 9.59. The van der Waals surface area contributed by atoms with Crippen LogP contribution in [0.3, 0.4) is 0 Å². The van der Waals surface area contributed by atoms with E-state index in [0.717, 1.165) is 31.5 Å². The number of oxazole rings is 1. The Balaban J connectivity index is 1.56. The molecule has 3 aromatic rings. The monoisotopic (exact) mass is 665 g/mol. The second-order valence-corrected chi connectivity index (χ2v) is 21.0. The summed E-state index contributed by atoms with van der Waals surface area (Å²) in [5.41, 5.74) is 0.839. The van der Waals surface area contributed by atoms with Crippen LogP contribution in [-0.4, -0.2) is 63.8 Å². The van der Waals surface area contributed by atoms with Crippen LogP contribution in [0, 0.1) is 5.82 Å². The highest BCUT2D eigenvalue weighted by Crippen LogP contribution is 2.36. The molecule has 250 valence electrons. The van der Waals surface area contributed by atoms with Gasteiger partial charge in [0.05, 0.1) is 44.6 Å². The minimum absolute atomic E-state index is 0.174. The lowest BCUT2D eigenvalue weighted by molar-refractivity contribution is -0.187. The molecule has 1 aliphatic rings. The molecule has 1 N–H and O–H groups in total. The molecule has 0 spiro atoms. The van der Waals surface area contributed by atoms with Crippen LogP contribution in [0.1, 0.15) is 70.6 Å². The van der Waals surface area contributed by atoms with Crippen molar-refractivity contribution in [2.24, 2.45) is 0 Å². The lowest BCUT2D eigenvalue weighted by Gasteiger charge is -2.28. The molecule has 0 aliphatic carbocycles. The maximum Gasteiger partial charge on any atom is 0.255 e. The topological polar surface area (TPSA) is 129 Å². The van der Waals surface area contributed by atoms with Crippen molar-refractivity contribution >= 4 is 19.4 Å². The number of ether oxygens (including phenoxy) is 4. The number of rotatable bonds is 17. The molecule has 3 aromatic heterocycles. The first kappa shape index (κ1) is 35.5. The molecule has 1 fully saturated rings. The van der Waals surface area contributed by atoms with Gasteiger partial charge in [0.15, 0.2) is 5.82 Å². The molecule has 1 saturated heterocycles. The number of halogens is 1. The molecule has 4 rings (SSSR count). The summed E-state index contributed by atoms with van der Waals surface area (Å²) in [5, 5.41) is 0. The van der Waals surface area contributed by atoms with Gasteiger partial charge in [0.25, 0.3) is 5.89 Å². The smallest absolute Gasteiger partial charge is 0.255 e. The van der Waals surface area contributed by atoms with E-state index < -0.39 is 35.8 Å². The molecule has 0 amide bonds. The first-order valence-corrected chi connectivity index (χ1v) is 20.4. The number of nitrogens with one attached hydrogen (secondary N) is 1. The van der Waals surface area contributed by atoms with Crippen molar-refractivity contribution in [1.82, 2.24) is 24.2 Å². The maximum atomic E-state index is 15.2. The molecular formula is C31H48FN5O6SSi. The highest BCUT2D eigenvalue weighted by molar-refractivity contribution is 7.90. The summed E-state index contributed by atoms with van der Waals surface area (Å²) in [4.78, 5) is 13.0. The molecule has 45 heavy (non-hydrogen) atoms. The molecule has 1 unspecified atom stereocenters. The summed E-state index contributed by atoms with van der Waals surface area (Å²) in [5.74, 6) is -0.0947. The van der Waals surface area contributed by atoms with E-state index in [1.165, 1.54) is 13.4 Å². The van der Waals surface area contributed by atoms with Crippen molar-refractivity contribution in [2.75, 3.05) is 26.9 Å². The van der Waals surface area contributed by atoms with Gasteiger partial charge in [0, 0.05) is 44.1 Å². The number of hydrogen-bond acceptors (Lipinski definition) is 10. The lowest BCUT2D eigenvalue weighted by atomic mass is 10.0. The Morgan fingerprint density at radius 2 is 1.89 bits per heavy atom. The Labute approximate surface area is 269 Å². The molecule has 0 radical (unpaired) electrons. The molecule has 0 bridgehead atoms. The number of hydrogen-bond donors (Lipinski definition) is 1. The van der Waals surface area contributed by atoms with Crippen molar-refractivity contribution in [1.29, 1.82) is 0 Å². The van der Waals surface area contributed by atoms with Gasteiger partial charge < -0.3 is 32.5 Å². The maximum absolute atomic E-state index is 15.2. The molecule has 11 nitrogen and oxygen atoms in total. The number of aromatic nitrogens is 4. The van der Waals surface area contributed by atoms with Crippen molar-refractivity contribution in [3.63, 3.8) is 0 Å². The molecule has 0 saturated carbocycles. The number of pyridine rings is 1. The number of methoxy groups -OCH3 is 1. The highest BCUT2D eigenvalue weighted by atomic mass is 32.2. The largest absolute Gasteiger partial charge is 0.598 e. The number of nitrogens with zero attached hydrogens (tertiary/aromatic N) is 4. The average molecular weight is 666 g/mol. The summed E-state index contributed by atoms with van der Waals surface area (Å²) < 4.78 is 62.0. The zero-order valence-corrected chi connectivity index (χ0v) is 29.4. The highest BCUT2D eigenvalue weighted by Gasteiger charge is 2.42. The van der Waals surface area contributed by atoms with Crippen LogP contribution in [-0.2, 0) is 38.1 Å². The Bertz CT molecular complexity index is 1340. The normalized spacial score (nSPS) is 16.6. The predicted molar refractivity (Wildman–Crippen MR) is 173 cm³/mol. The van der Waals surface area contributed by atoms with Gasteiger partial charge in [-0.1, -0.05) is 32.5 Å². The molecule has 0 aromatic carbocycles. The molecule has 4 heterocycles. The fourth-order valence-corrected chi connectivity index (χ4v) is 6.54. The van der Waals surface area contributed by atoms with Crippen molar-refractivity contribution in [3.8, 4) is 17.1 Å². The van der Waals surface area contributed by atoms with Crippen LogP contribution in [0.15, 0.2) is 35.3 Å². The van der Waals surface area contributed by atoms with E-state index in [1.54, 1.807) is 18.5 Å². The first-order chi connectivity index (χ1) is 21.3. The number of unbranched alkanes of at least 4 members (excludes halogenated alkanes) is 2. The predicted octanol–water partition coefficient (Wildman–Crippen LogP) is 6.34. The summed E-state index contributed by atoms with van der Waals surface area (Å²) in [6.45, 7) is 14.4. The Morgan fingerprint density at radius 3 is 2.53 bits per heavy atom. The third-order valence-corrected chi connectivity index (χ3v) is 10.9. The van der Waals surface area contributed by atoms with Gasteiger partial charge in [0.2, 0.25) is 11.7 Å². The van der Waals surface area contributed by atoms with E-state index in [2.05, 4.69) is 34.3 Å².